The van der Waals surface area contributed by atoms with Crippen molar-refractivity contribution in [3.8, 4) is 33.4 Å². The summed E-state index contributed by atoms with van der Waals surface area (Å²) in [5, 5.41) is 0. The molecular weight excluding hydrogens is 713 g/mol. The fourth-order valence-corrected chi connectivity index (χ4v) is 10.8. The molecule has 0 N–H and O–H groups in total. The fourth-order valence-electron chi connectivity index (χ4n) is 10.8. The zero-order valence-electron chi connectivity index (χ0n) is 34.7. The van der Waals surface area contributed by atoms with Crippen molar-refractivity contribution in [3.63, 3.8) is 0 Å². The molecule has 0 aliphatic heterocycles. The summed E-state index contributed by atoms with van der Waals surface area (Å²) in [5.41, 5.74) is 22.5. The Morgan fingerprint density at radius 1 is 0.271 bits per heavy atom. The summed E-state index contributed by atoms with van der Waals surface area (Å²) in [4.78, 5) is 5.00. The van der Waals surface area contributed by atoms with E-state index in [1.165, 1.54) is 72.4 Å². The highest BCUT2D eigenvalue weighted by Gasteiger charge is 2.41. The number of hydrogen-bond acceptors (Lipinski definition) is 2. The number of nitrogens with zero attached hydrogens (tertiary/aromatic N) is 2. The van der Waals surface area contributed by atoms with Gasteiger partial charge in [0.1, 0.15) is 0 Å². The molecule has 2 heteroatoms. The lowest BCUT2D eigenvalue weighted by molar-refractivity contribution is 0.660. The van der Waals surface area contributed by atoms with Gasteiger partial charge in [-0.2, -0.15) is 0 Å². The smallest absolute Gasteiger partial charge is 0.0564 e. The van der Waals surface area contributed by atoms with Crippen LogP contribution in [0.1, 0.15) is 74.9 Å². The lowest BCUT2D eigenvalue weighted by Gasteiger charge is -2.33. The first kappa shape index (κ1) is 35.5. The van der Waals surface area contributed by atoms with Crippen molar-refractivity contribution in [2.45, 2.75) is 57.8 Å². The first-order valence-corrected chi connectivity index (χ1v) is 21.0. The topological polar surface area (TPSA) is 6.48 Å². The highest BCUT2D eigenvalue weighted by atomic mass is 15.2. The van der Waals surface area contributed by atoms with E-state index in [0.717, 1.165) is 28.4 Å². The first-order valence-electron chi connectivity index (χ1n) is 21.0. The second kappa shape index (κ2) is 12.7. The second-order valence-electron chi connectivity index (χ2n) is 18.2. The van der Waals surface area contributed by atoms with Gasteiger partial charge in [0.05, 0.1) is 5.69 Å². The van der Waals surface area contributed by atoms with Gasteiger partial charge in [0.15, 0.2) is 0 Å². The molecule has 2 nitrogen and oxygen atoms in total. The van der Waals surface area contributed by atoms with Crippen LogP contribution in [0.4, 0.5) is 34.1 Å². The minimum Gasteiger partial charge on any atom is -0.310 e. The van der Waals surface area contributed by atoms with Crippen LogP contribution in [0, 0.1) is 0 Å². The van der Waals surface area contributed by atoms with Crippen molar-refractivity contribution < 1.29 is 0 Å². The van der Waals surface area contributed by atoms with Crippen LogP contribution in [0.3, 0.4) is 0 Å². The van der Waals surface area contributed by atoms with E-state index < -0.39 is 0 Å². The number of fused-ring (bicyclic) bond motifs is 9. The third kappa shape index (κ3) is 5.12. The molecule has 3 aliphatic carbocycles. The molecule has 0 amide bonds. The summed E-state index contributed by atoms with van der Waals surface area (Å²) >= 11 is 0. The maximum Gasteiger partial charge on any atom is 0.0564 e. The molecule has 0 bridgehead atoms. The summed E-state index contributed by atoms with van der Waals surface area (Å²) in [6.45, 7) is 14.3. The maximum absolute atomic E-state index is 2.52. The minimum absolute atomic E-state index is 0.123. The van der Waals surface area contributed by atoms with Crippen LogP contribution in [0.15, 0.2) is 182 Å². The Morgan fingerprint density at radius 2 is 0.644 bits per heavy atom. The van der Waals surface area contributed by atoms with Crippen LogP contribution in [-0.2, 0) is 16.2 Å². The molecule has 0 atom stereocenters. The van der Waals surface area contributed by atoms with Crippen LogP contribution in [0.2, 0.25) is 0 Å². The van der Waals surface area contributed by atoms with Crippen LogP contribution in [-0.4, -0.2) is 0 Å². The highest BCUT2D eigenvalue weighted by molar-refractivity contribution is 5.99. The monoisotopic (exact) mass is 760 g/mol. The zero-order valence-corrected chi connectivity index (χ0v) is 34.7. The maximum atomic E-state index is 2.52. The molecule has 59 heavy (non-hydrogen) atoms. The molecule has 0 saturated carbocycles. The van der Waals surface area contributed by atoms with E-state index in [-0.39, 0.29) is 16.2 Å². The molecule has 0 aromatic heterocycles. The number of hydrogen-bond donors (Lipinski definition) is 0. The number of benzene rings is 8. The molecule has 0 unspecified atom stereocenters. The Kier molecular flexibility index (Phi) is 7.63. The minimum atomic E-state index is -0.232. The summed E-state index contributed by atoms with van der Waals surface area (Å²) < 4.78 is 0. The van der Waals surface area contributed by atoms with Crippen LogP contribution < -0.4 is 9.80 Å². The fraction of sp³-hybridized carbons (Fsp3) is 0.158. The van der Waals surface area contributed by atoms with Gasteiger partial charge in [0.2, 0.25) is 0 Å². The van der Waals surface area contributed by atoms with E-state index in [2.05, 4.69) is 233 Å². The van der Waals surface area contributed by atoms with Crippen LogP contribution >= 0.6 is 0 Å². The predicted molar refractivity (Wildman–Crippen MR) is 248 cm³/mol. The standard InChI is InChI=1S/C57H48N2/c1-55(2)47-26-16-13-23-42(47)44-31-29-39(33-50(44)55)58(37-19-9-7-10-20-37)41-35-52-54(46-25-15-18-28-49(46)57(52,5)6)53(36-41)59(38-21-11-8-12-22-38)40-30-32-45-43-24-14-17-27-48(43)56(3,4)51(45)34-40/h7-36H,1-6H3. The lowest BCUT2D eigenvalue weighted by Crippen LogP contribution is -2.19. The molecule has 0 heterocycles. The molecule has 286 valence electrons. The molecule has 8 aromatic carbocycles. The number of para-hydroxylation sites is 2. The third-order valence-electron chi connectivity index (χ3n) is 13.8. The Labute approximate surface area is 349 Å². The van der Waals surface area contributed by atoms with Gasteiger partial charge in [-0.15, -0.1) is 0 Å². The molecule has 3 aliphatic rings. The summed E-state index contributed by atoms with van der Waals surface area (Å²) in [6, 6.07) is 68.0. The molecule has 0 fully saturated rings. The van der Waals surface area contributed by atoms with E-state index in [1.807, 2.05) is 0 Å². The van der Waals surface area contributed by atoms with E-state index in [9.17, 15) is 0 Å². The van der Waals surface area contributed by atoms with Gasteiger partial charge in [-0.1, -0.05) is 163 Å². The quantitative estimate of drug-likeness (QED) is 0.167. The van der Waals surface area contributed by atoms with E-state index in [4.69, 9.17) is 0 Å². The highest BCUT2D eigenvalue weighted by Crippen LogP contribution is 2.58. The molecule has 0 radical (unpaired) electrons. The average Bonchev–Trinajstić information content (AvgIpc) is 3.74. The largest absolute Gasteiger partial charge is 0.310 e. The summed E-state index contributed by atoms with van der Waals surface area (Å²) in [7, 11) is 0. The van der Waals surface area contributed by atoms with E-state index in [1.54, 1.807) is 0 Å². The molecule has 0 spiro atoms. The summed E-state index contributed by atoms with van der Waals surface area (Å²) in [5.74, 6) is 0. The Hall–Kier alpha value is -6.64. The Bertz CT molecular complexity index is 2970. The van der Waals surface area contributed by atoms with Gasteiger partial charge < -0.3 is 9.80 Å². The van der Waals surface area contributed by atoms with Gasteiger partial charge >= 0.3 is 0 Å². The Balaban J connectivity index is 1.18. The molecular formula is C57H48N2. The SMILES string of the molecule is CC1(C)c2ccccc2-c2ccc(N(c3ccccc3)c3cc(N(c4ccccc4)c4ccc5c(c4)C(C)(C)c4ccccc4-5)c4c(c3)C(C)(C)c3ccccc3-4)cc21. The zero-order chi connectivity index (χ0) is 40.3. The van der Waals surface area contributed by atoms with Crippen molar-refractivity contribution in [1.29, 1.82) is 0 Å². The normalized spacial score (nSPS) is 15.4. The predicted octanol–water partition coefficient (Wildman–Crippen LogP) is 15.5. The van der Waals surface area contributed by atoms with Gasteiger partial charge in [-0.25, -0.2) is 0 Å². The Morgan fingerprint density at radius 3 is 1.17 bits per heavy atom. The van der Waals surface area contributed by atoms with Crippen molar-refractivity contribution in [3.05, 3.63) is 215 Å². The lowest BCUT2D eigenvalue weighted by atomic mass is 9.81. The molecule has 8 aromatic rings. The van der Waals surface area contributed by atoms with Gasteiger partial charge in [-0.3, -0.25) is 0 Å². The van der Waals surface area contributed by atoms with Crippen molar-refractivity contribution in [2.24, 2.45) is 0 Å². The van der Waals surface area contributed by atoms with Crippen molar-refractivity contribution >= 4 is 34.1 Å². The average molecular weight is 761 g/mol. The van der Waals surface area contributed by atoms with Crippen LogP contribution in [0.5, 0.6) is 0 Å². The molecule has 0 saturated heterocycles. The van der Waals surface area contributed by atoms with Crippen molar-refractivity contribution in [1.82, 2.24) is 0 Å². The van der Waals surface area contributed by atoms with E-state index in [0.29, 0.717) is 0 Å². The van der Waals surface area contributed by atoms with Crippen molar-refractivity contribution in [2.75, 3.05) is 9.80 Å². The summed E-state index contributed by atoms with van der Waals surface area (Å²) in [6.07, 6.45) is 0. The van der Waals surface area contributed by atoms with Gasteiger partial charge in [-0.05, 0) is 122 Å². The van der Waals surface area contributed by atoms with E-state index >= 15 is 0 Å². The molecule has 11 rings (SSSR count). The number of rotatable bonds is 6. The second-order valence-corrected chi connectivity index (χ2v) is 18.2. The number of anilines is 6. The van der Waals surface area contributed by atoms with Gasteiger partial charge in [0, 0.05) is 50.2 Å². The van der Waals surface area contributed by atoms with Crippen LogP contribution in [0.25, 0.3) is 33.4 Å². The van der Waals surface area contributed by atoms with Gasteiger partial charge in [0.25, 0.3) is 0 Å². The first-order chi connectivity index (χ1) is 28.5. The third-order valence-corrected chi connectivity index (χ3v) is 13.8.